The monoisotopic (exact) mass is 283 g/mol. The van der Waals surface area contributed by atoms with Crippen LogP contribution in [0.25, 0.3) is 0 Å². The highest BCUT2D eigenvalue weighted by atomic mass is 35.5. The van der Waals surface area contributed by atoms with Gasteiger partial charge in [0.1, 0.15) is 5.56 Å². The maximum absolute atomic E-state index is 11.9. The van der Waals surface area contributed by atoms with Crippen LogP contribution in [0, 0.1) is 16.0 Å². The van der Waals surface area contributed by atoms with Crippen LogP contribution in [0.2, 0.25) is 5.02 Å². The van der Waals surface area contributed by atoms with E-state index in [9.17, 15) is 14.9 Å². The van der Waals surface area contributed by atoms with Crippen LogP contribution in [0.3, 0.4) is 0 Å². The molecule has 1 aromatic carbocycles. The number of nitro groups is 1. The smallest absolute Gasteiger partial charge is 0.345 e. The predicted molar refractivity (Wildman–Crippen MR) is 70.3 cm³/mol. The van der Waals surface area contributed by atoms with E-state index in [-0.39, 0.29) is 16.3 Å². The van der Waals surface area contributed by atoms with Crippen molar-refractivity contribution in [2.75, 3.05) is 6.61 Å². The molecule has 102 valence electrons. The standard InChI is InChI=1S/C13H14ClNO4/c14-10-5-6-12(15(17)18)11(7-10)13(16)19-8-9-3-1-2-4-9/h5-7,9H,1-4,8H2. The van der Waals surface area contributed by atoms with Gasteiger partial charge in [-0.2, -0.15) is 0 Å². The lowest BCUT2D eigenvalue weighted by atomic mass is 10.1. The van der Waals surface area contributed by atoms with E-state index in [1.54, 1.807) is 0 Å². The molecule has 0 spiro atoms. The Balaban J connectivity index is 2.08. The molecule has 5 nitrogen and oxygen atoms in total. The van der Waals surface area contributed by atoms with E-state index in [2.05, 4.69) is 0 Å². The van der Waals surface area contributed by atoms with E-state index in [1.807, 2.05) is 0 Å². The molecule has 0 unspecified atom stereocenters. The number of benzene rings is 1. The third kappa shape index (κ3) is 3.44. The molecule has 0 amide bonds. The largest absolute Gasteiger partial charge is 0.462 e. The van der Waals surface area contributed by atoms with Crippen molar-refractivity contribution in [3.05, 3.63) is 38.9 Å². The van der Waals surface area contributed by atoms with Gasteiger partial charge in [0.15, 0.2) is 0 Å². The van der Waals surface area contributed by atoms with Gasteiger partial charge >= 0.3 is 5.97 Å². The zero-order valence-corrected chi connectivity index (χ0v) is 11.1. The molecule has 0 saturated heterocycles. The van der Waals surface area contributed by atoms with Crippen molar-refractivity contribution in [2.24, 2.45) is 5.92 Å². The topological polar surface area (TPSA) is 69.4 Å². The summed E-state index contributed by atoms with van der Waals surface area (Å²) in [5, 5.41) is 11.1. The fourth-order valence-corrected chi connectivity index (χ4v) is 2.45. The molecule has 6 heteroatoms. The average Bonchev–Trinajstić information content (AvgIpc) is 2.88. The van der Waals surface area contributed by atoms with Gasteiger partial charge in [0, 0.05) is 11.1 Å². The maximum atomic E-state index is 11.9. The Bertz CT molecular complexity index is 497. The fourth-order valence-electron chi connectivity index (χ4n) is 2.28. The van der Waals surface area contributed by atoms with Crippen LogP contribution in [-0.4, -0.2) is 17.5 Å². The maximum Gasteiger partial charge on any atom is 0.345 e. The van der Waals surface area contributed by atoms with Crippen molar-refractivity contribution in [3.63, 3.8) is 0 Å². The van der Waals surface area contributed by atoms with Gasteiger partial charge in [-0.1, -0.05) is 24.4 Å². The summed E-state index contributed by atoms with van der Waals surface area (Å²) >= 11 is 5.76. The van der Waals surface area contributed by atoms with Crippen LogP contribution in [0.1, 0.15) is 36.0 Å². The van der Waals surface area contributed by atoms with Crippen LogP contribution in [0.15, 0.2) is 18.2 Å². The number of ether oxygens (including phenoxy) is 1. The fraction of sp³-hybridized carbons (Fsp3) is 0.462. The Labute approximate surface area is 115 Å². The normalized spacial score (nSPS) is 15.4. The average molecular weight is 284 g/mol. The molecule has 1 saturated carbocycles. The summed E-state index contributed by atoms with van der Waals surface area (Å²) < 4.78 is 5.16. The summed E-state index contributed by atoms with van der Waals surface area (Å²) in [5.41, 5.74) is -0.365. The summed E-state index contributed by atoms with van der Waals surface area (Å²) in [5.74, 6) is -0.303. The zero-order chi connectivity index (χ0) is 13.8. The Morgan fingerprint density at radius 3 is 2.74 bits per heavy atom. The molecule has 0 atom stereocenters. The van der Waals surface area contributed by atoms with Crippen molar-refractivity contribution in [1.29, 1.82) is 0 Å². The number of carbonyl (C=O) groups is 1. The van der Waals surface area contributed by atoms with E-state index in [1.165, 1.54) is 18.2 Å². The first-order chi connectivity index (χ1) is 9.08. The molecule has 1 fully saturated rings. The Hall–Kier alpha value is -1.62. The molecular formula is C13H14ClNO4. The number of nitro benzene ring substituents is 1. The second kappa shape index (κ2) is 6.02. The second-order valence-corrected chi connectivity index (χ2v) is 5.10. The molecule has 0 N–H and O–H groups in total. The van der Waals surface area contributed by atoms with E-state index in [4.69, 9.17) is 16.3 Å². The van der Waals surface area contributed by atoms with Gasteiger partial charge in [0.05, 0.1) is 11.5 Å². The molecule has 0 aliphatic heterocycles. The van der Waals surface area contributed by atoms with Crippen LogP contribution < -0.4 is 0 Å². The van der Waals surface area contributed by atoms with Crippen molar-refractivity contribution in [3.8, 4) is 0 Å². The van der Waals surface area contributed by atoms with Gasteiger partial charge in [-0.05, 0) is 30.9 Å². The lowest BCUT2D eigenvalue weighted by Crippen LogP contribution is -2.13. The van der Waals surface area contributed by atoms with Gasteiger partial charge in [0.25, 0.3) is 5.69 Å². The van der Waals surface area contributed by atoms with E-state index < -0.39 is 10.9 Å². The Kier molecular flexibility index (Phi) is 4.37. The molecule has 0 aromatic heterocycles. The molecule has 19 heavy (non-hydrogen) atoms. The number of hydrogen-bond acceptors (Lipinski definition) is 4. The summed E-state index contributed by atoms with van der Waals surface area (Å²) in [7, 11) is 0. The number of esters is 1. The van der Waals surface area contributed by atoms with Gasteiger partial charge in [-0.3, -0.25) is 10.1 Å². The van der Waals surface area contributed by atoms with Crippen LogP contribution >= 0.6 is 11.6 Å². The highest BCUT2D eigenvalue weighted by Gasteiger charge is 2.23. The van der Waals surface area contributed by atoms with Crippen molar-refractivity contribution in [2.45, 2.75) is 25.7 Å². The summed E-state index contributed by atoms with van der Waals surface area (Å²) in [6, 6.07) is 3.87. The lowest BCUT2D eigenvalue weighted by molar-refractivity contribution is -0.385. The van der Waals surface area contributed by atoms with Crippen LogP contribution in [0.5, 0.6) is 0 Å². The molecule has 2 rings (SSSR count). The quantitative estimate of drug-likeness (QED) is 0.481. The first-order valence-corrected chi connectivity index (χ1v) is 6.57. The summed E-state index contributed by atoms with van der Waals surface area (Å²) in [6.45, 7) is 0.322. The minimum Gasteiger partial charge on any atom is -0.462 e. The number of carbonyl (C=O) groups excluding carboxylic acids is 1. The molecule has 0 bridgehead atoms. The molecule has 0 radical (unpaired) electrons. The molecule has 1 aliphatic carbocycles. The molecule has 1 aliphatic rings. The summed E-state index contributed by atoms with van der Waals surface area (Å²) in [6.07, 6.45) is 4.40. The Morgan fingerprint density at radius 2 is 2.11 bits per heavy atom. The van der Waals surface area contributed by atoms with Gasteiger partial charge in [-0.15, -0.1) is 0 Å². The first kappa shape index (κ1) is 13.8. The number of hydrogen-bond donors (Lipinski definition) is 0. The van der Waals surface area contributed by atoms with E-state index >= 15 is 0 Å². The van der Waals surface area contributed by atoms with Crippen molar-refractivity contribution in [1.82, 2.24) is 0 Å². The van der Waals surface area contributed by atoms with Crippen molar-refractivity contribution < 1.29 is 14.5 Å². The molecular weight excluding hydrogens is 270 g/mol. The third-order valence-electron chi connectivity index (χ3n) is 3.30. The van der Waals surface area contributed by atoms with Gasteiger partial charge < -0.3 is 4.74 Å². The number of rotatable bonds is 4. The highest BCUT2D eigenvalue weighted by molar-refractivity contribution is 6.31. The minimum absolute atomic E-state index is 0.0875. The van der Waals surface area contributed by atoms with Crippen LogP contribution in [-0.2, 0) is 4.74 Å². The second-order valence-electron chi connectivity index (χ2n) is 4.67. The molecule has 1 aromatic rings. The Morgan fingerprint density at radius 1 is 1.42 bits per heavy atom. The zero-order valence-electron chi connectivity index (χ0n) is 10.3. The van der Waals surface area contributed by atoms with Gasteiger partial charge in [0.2, 0.25) is 0 Å². The highest BCUT2D eigenvalue weighted by Crippen LogP contribution is 2.27. The molecule has 0 heterocycles. The first-order valence-electron chi connectivity index (χ1n) is 6.19. The van der Waals surface area contributed by atoms with Gasteiger partial charge in [-0.25, -0.2) is 4.79 Å². The van der Waals surface area contributed by atoms with Crippen molar-refractivity contribution >= 4 is 23.3 Å². The number of nitrogens with zero attached hydrogens (tertiary/aromatic N) is 1. The summed E-state index contributed by atoms with van der Waals surface area (Å²) in [4.78, 5) is 22.1. The SMILES string of the molecule is O=C(OCC1CCCC1)c1cc(Cl)ccc1[N+](=O)[O-]. The third-order valence-corrected chi connectivity index (χ3v) is 3.54. The van der Waals surface area contributed by atoms with E-state index in [0.29, 0.717) is 12.5 Å². The predicted octanol–water partition coefficient (Wildman–Crippen LogP) is 3.60. The van der Waals surface area contributed by atoms with Crippen LogP contribution in [0.4, 0.5) is 5.69 Å². The number of halogens is 1. The minimum atomic E-state index is -0.680. The lowest BCUT2D eigenvalue weighted by Gasteiger charge is -2.10. The van der Waals surface area contributed by atoms with E-state index in [0.717, 1.165) is 25.7 Å².